The monoisotopic (exact) mass is 528 g/mol. The first kappa shape index (κ1) is 25.7. The molecule has 0 aliphatic carbocycles. The predicted octanol–water partition coefficient (Wildman–Crippen LogP) is 4.55. The Morgan fingerprint density at radius 2 is 1.82 bits per heavy atom. The SMILES string of the molecule is CCc1cc2c(-c3cc(OC)cc(OC)c3)nn(-c3cc(N4CC[C@H](O)C4)ccc3C(F)(F)F)c(=O)c2[nH]1. The van der Waals surface area contributed by atoms with Gasteiger partial charge in [0.2, 0.25) is 0 Å². The molecule has 1 saturated heterocycles. The van der Waals surface area contributed by atoms with E-state index in [4.69, 9.17) is 9.47 Å². The molecule has 0 amide bonds. The maximum absolute atomic E-state index is 14.2. The first-order chi connectivity index (χ1) is 18.1. The van der Waals surface area contributed by atoms with Crippen LogP contribution in [0.4, 0.5) is 18.9 Å². The molecule has 4 aromatic rings. The van der Waals surface area contributed by atoms with Crippen molar-refractivity contribution in [2.75, 3.05) is 32.2 Å². The number of aromatic nitrogens is 3. The second kappa shape index (κ2) is 9.71. The summed E-state index contributed by atoms with van der Waals surface area (Å²) in [5.74, 6) is 0.924. The summed E-state index contributed by atoms with van der Waals surface area (Å²) >= 11 is 0. The lowest BCUT2D eigenvalue weighted by atomic mass is 10.1. The van der Waals surface area contributed by atoms with Gasteiger partial charge in [-0.1, -0.05) is 6.92 Å². The third kappa shape index (κ3) is 4.58. The van der Waals surface area contributed by atoms with Gasteiger partial charge < -0.3 is 24.5 Å². The van der Waals surface area contributed by atoms with Crippen LogP contribution in [-0.2, 0) is 12.6 Å². The van der Waals surface area contributed by atoms with Gasteiger partial charge in [-0.3, -0.25) is 4.79 Å². The van der Waals surface area contributed by atoms with Gasteiger partial charge in [0.15, 0.2) is 0 Å². The summed E-state index contributed by atoms with van der Waals surface area (Å²) in [7, 11) is 2.98. The first-order valence-electron chi connectivity index (χ1n) is 12.2. The minimum Gasteiger partial charge on any atom is -0.497 e. The minimum atomic E-state index is -4.74. The van der Waals surface area contributed by atoms with Crippen LogP contribution in [0, 0.1) is 0 Å². The molecule has 0 bridgehead atoms. The highest BCUT2D eigenvalue weighted by molar-refractivity contribution is 5.93. The van der Waals surface area contributed by atoms with Crippen molar-refractivity contribution >= 4 is 16.6 Å². The second-order valence-electron chi connectivity index (χ2n) is 9.19. The molecule has 0 radical (unpaired) electrons. The normalized spacial score (nSPS) is 15.9. The summed E-state index contributed by atoms with van der Waals surface area (Å²) in [6.45, 7) is 2.68. The largest absolute Gasteiger partial charge is 0.497 e. The quantitative estimate of drug-likeness (QED) is 0.382. The van der Waals surface area contributed by atoms with E-state index in [0.29, 0.717) is 53.2 Å². The Morgan fingerprint density at radius 3 is 2.39 bits per heavy atom. The number of nitrogens with zero attached hydrogens (tertiary/aromatic N) is 3. The molecule has 2 N–H and O–H groups in total. The van der Waals surface area contributed by atoms with Crippen molar-refractivity contribution in [3.8, 4) is 28.4 Å². The van der Waals surface area contributed by atoms with E-state index in [9.17, 15) is 23.1 Å². The zero-order valence-electron chi connectivity index (χ0n) is 21.1. The van der Waals surface area contributed by atoms with Crippen molar-refractivity contribution in [1.82, 2.24) is 14.8 Å². The number of aryl methyl sites for hydroxylation is 1. The van der Waals surface area contributed by atoms with E-state index >= 15 is 0 Å². The number of halogens is 3. The van der Waals surface area contributed by atoms with Crippen LogP contribution in [0.15, 0.2) is 47.3 Å². The Balaban J connectivity index is 1.81. The second-order valence-corrected chi connectivity index (χ2v) is 9.19. The van der Waals surface area contributed by atoms with Gasteiger partial charge >= 0.3 is 6.18 Å². The summed E-state index contributed by atoms with van der Waals surface area (Å²) in [5.41, 5.74) is 0.0498. The highest BCUT2D eigenvalue weighted by Gasteiger charge is 2.36. The number of H-pyrrole nitrogens is 1. The molecule has 5 rings (SSSR count). The number of nitrogens with one attached hydrogen (secondary N) is 1. The standard InChI is InChI=1S/C27H27F3N4O4/c1-4-16-11-21-24(15-9-19(37-2)13-20(10-15)38-3)32-34(26(36)25(21)31-16)23-12-17(33-8-7-18(35)14-33)5-6-22(23)27(28,29)30/h5-6,9-13,18,31,35H,4,7-8,14H2,1-3H3/t18-/m0/s1. The average Bonchev–Trinajstić information content (AvgIpc) is 3.54. The van der Waals surface area contributed by atoms with E-state index in [0.717, 1.165) is 16.4 Å². The molecular formula is C27H27F3N4O4. The van der Waals surface area contributed by atoms with Crippen molar-refractivity contribution in [3.05, 3.63) is 64.1 Å². The molecule has 1 aliphatic heterocycles. The van der Waals surface area contributed by atoms with Crippen molar-refractivity contribution in [2.45, 2.75) is 32.0 Å². The molecule has 0 spiro atoms. The Hall–Kier alpha value is -3.99. The number of aromatic amines is 1. The molecule has 2 aromatic heterocycles. The highest BCUT2D eigenvalue weighted by atomic mass is 19.4. The number of anilines is 1. The smallest absolute Gasteiger partial charge is 0.418 e. The van der Waals surface area contributed by atoms with Crippen LogP contribution in [0.2, 0.25) is 0 Å². The summed E-state index contributed by atoms with van der Waals surface area (Å²) in [6.07, 6.45) is -4.22. The van der Waals surface area contributed by atoms with Gasteiger partial charge in [-0.2, -0.15) is 23.0 Å². The molecule has 8 nitrogen and oxygen atoms in total. The van der Waals surface area contributed by atoms with Gasteiger partial charge in [-0.05, 0) is 49.2 Å². The zero-order valence-corrected chi connectivity index (χ0v) is 21.1. The molecule has 1 atom stereocenters. The molecule has 38 heavy (non-hydrogen) atoms. The number of hydrogen-bond donors (Lipinski definition) is 2. The fourth-order valence-corrected chi connectivity index (χ4v) is 4.79. The van der Waals surface area contributed by atoms with Crippen molar-refractivity contribution in [3.63, 3.8) is 0 Å². The maximum Gasteiger partial charge on any atom is 0.418 e. The molecule has 200 valence electrons. The van der Waals surface area contributed by atoms with Crippen LogP contribution >= 0.6 is 0 Å². The third-order valence-corrected chi connectivity index (χ3v) is 6.78. The fourth-order valence-electron chi connectivity index (χ4n) is 4.79. The Bertz CT molecular complexity index is 1540. The van der Waals surface area contributed by atoms with E-state index in [1.165, 1.54) is 26.4 Å². The number of methoxy groups -OCH3 is 2. The van der Waals surface area contributed by atoms with Gasteiger partial charge in [0.05, 0.1) is 31.6 Å². The number of alkyl halides is 3. The number of ether oxygens (including phenoxy) is 2. The third-order valence-electron chi connectivity index (χ3n) is 6.78. The number of aliphatic hydroxyl groups is 1. The van der Waals surface area contributed by atoms with Crippen LogP contribution in [-0.4, -0.2) is 53.3 Å². The van der Waals surface area contributed by atoms with Crippen LogP contribution < -0.4 is 19.9 Å². The van der Waals surface area contributed by atoms with Crippen LogP contribution in [0.25, 0.3) is 27.8 Å². The molecular weight excluding hydrogens is 501 g/mol. The Labute approximate surface area is 216 Å². The average molecular weight is 529 g/mol. The number of β-amino-alcohol motifs (C(OH)–C–C–N with tert-alkyl or cyclic N) is 1. The number of fused-ring (bicyclic) bond motifs is 1. The summed E-state index contributed by atoms with van der Waals surface area (Å²) in [4.78, 5) is 18.5. The van der Waals surface area contributed by atoms with E-state index in [1.807, 2.05) is 6.92 Å². The van der Waals surface area contributed by atoms with Crippen molar-refractivity contribution < 1.29 is 27.8 Å². The van der Waals surface area contributed by atoms with Crippen molar-refractivity contribution in [2.24, 2.45) is 0 Å². The summed E-state index contributed by atoms with van der Waals surface area (Å²) < 4.78 is 54.1. The number of rotatable bonds is 6. The Morgan fingerprint density at radius 1 is 1.11 bits per heavy atom. The number of hydrogen-bond acceptors (Lipinski definition) is 6. The van der Waals surface area contributed by atoms with Gasteiger partial charge in [0.25, 0.3) is 5.56 Å². The number of aliphatic hydroxyl groups excluding tert-OH is 1. The summed E-state index contributed by atoms with van der Waals surface area (Å²) in [6, 6.07) is 10.4. The molecule has 1 aliphatic rings. The van der Waals surface area contributed by atoms with Gasteiger partial charge in [0.1, 0.15) is 22.7 Å². The lowest BCUT2D eigenvalue weighted by molar-refractivity contribution is -0.137. The topological polar surface area (TPSA) is 92.6 Å². The van der Waals surface area contributed by atoms with E-state index in [1.54, 1.807) is 29.2 Å². The van der Waals surface area contributed by atoms with Crippen LogP contribution in [0.5, 0.6) is 11.5 Å². The van der Waals surface area contributed by atoms with Gasteiger partial charge in [-0.25, -0.2) is 0 Å². The molecule has 2 aromatic carbocycles. The predicted molar refractivity (Wildman–Crippen MR) is 137 cm³/mol. The van der Waals surface area contributed by atoms with Crippen LogP contribution in [0.3, 0.4) is 0 Å². The lowest BCUT2D eigenvalue weighted by Crippen LogP contribution is -2.26. The van der Waals surface area contributed by atoms with Gasteiger partial charge in [-0.15, -0.1) is 0 Å². The van der Waals surface area contributed by atoms with Crippen molar-refractivity contribution in [1.29, 1.82) is 0 Å². The number of benzene rings is 2. The zero-order chi connectivity index (χ0) is 27.2. The molecule has 11 heteroatoms. The molecule has 0 saturated carbocycles. The van der Waals surface area contributed by atoms with Crippen LogP contribution in [0.1, 0.15) is 24.6 Å². The minimum absolute atomic E-state index is 0.142. The lowest BCUT2D eigenvalue weighted by Gasteiger charge is -2.21. The Kier molecular flexibility index (Phi) is 6.56. The van der Waals surface area contributed by atoms with E-state index < -0.39 is 29.1 Å². The molecule has 1 fully saturated rings. The van der Waals surface area contributed by atoms with E-state index in [2.05, 4.69) is 10.1 Å². The fraction of sp³-hybridized carbons (Fsp3) is 0.333. The molecule has 0 unspecified atom stereocenters. The van der Waals surface area contributed by atoms with E-state index in [-0.39, 0.29) is 12.1 Å². The first-order valence-corrected chi connectivity index (χ1v) is 12.2. The molecule has 3 heterocycles. The van der Waals surface area contributed by atoms with Gasteiger partial charge in [0, 0.05) is 41.5 Å². The summed E-state index contributed by atoms with van der Waals surface area (Å²) in [5, 5.41) is 14.9. The maximum atomic E-state index is 14.2. The highest BCUT2D eigenvalue weighted by Crippen LogP contribution is 2.37.